The van der Waals surface area contributed by atoms with Crippen molar-refractivity contribution in [3.63, 3.8) is 0 Å². The van der Waals surface area contributed by atoms with E-state index in [0.717, 1.165) is 36.9 Å². The summed E-state index contributed by atoms with van der Waals surface area (Å²) in [4.78, 5) is 12.8. The SMILES string of the molecule is COc1ccc(CSc2nnc(S[C@@H](C)C(=O)c3cc(C)ccc3C)s2)cc1. The number of thioether (sulfide) groups is 2. The number of Topliss-reactive ketones (excluding diaryl/α,β-unsaturated/α-hetero) is 1. The number of benzene rings is 2. The smallest absolute Gasteiger partial charge is 0.176 e. The molecule has 2 aromatic carbocycles. The molecule has 3 rings (SSSR count). The molecule has 0 N–H and O–H groups in total. The van der Waals surface area contributed by atoms with Crippen molar-refractivity contribution in [3.8, 4) is 5.75 Å². The van der Waals surface area contributed by atoms with Crippen LogP contribution in [0.2, 0.25) is 0 Å². The maximum absolute atomic E-state index is 12.8. The zero-order valence-corrected chi connectivity index (χ0v) is 18.7. The van der Waals surface area contributed by atoms with Gasteiger partial charge in [0.05, 0.1) is 12.4 Å². The van der Waals surface area contributed by atoms with Gasteiger partial charge in [0.1, 0.15) is 5.75 Å². The molecule has 0 spiro atoms. The van der Waals surface area contributed by atoms with Gasteiger partial charge < -0.3 is 4.74 Å². The van der Waals surface area contributed by atoms with Gasteiger partial charge in [-0.05, 0) is 50.1 Å². The molecule has 1 heterocycles. The first-order valence-electron chi connectivity index (χ1n) is 8.83. The highest BCUT2D eigenvalue weighted by atomic mass is 32.2. The summed E-state index contributed by atoms with van der Waals surface area (Å²) in [5, 5.41) is 8.31. The predicted molar refractivity (Wildman–Crippen MR) is 118 cm³/mol. The maximum Gasteiger partial charge on any atom is 0.176 e. The molecule has 0 radical (unpaired) electrons. The van der Waals surface area contributed by atoms with Crippen molar-refractivity contribution in [1.82, 2.24) is 10.2 Å². The molecule has 146 valence electrons. The molecule has 0 saturated heterocycles. The Labute approximate surface area is 178 Å². The lowest BCUT2D eigenvalue weighted by molar-refractivity contribution is 0.0993. The maximum atomic E-state index is 12.8. The first-order chi connectivity index (χ1) is 13.5. The van der Waals surface area contributed by atoms with E-state index in [1.54, 1.807) is 18.9 Å². The van der Waals surface area contributed by atoms with E-state index in [2.05, 4.69) is 10.2 Å². The molecule has 0 aliphatic heterocycles. The molecule has 1 atom stereocenters. The molecule has 7 heteroatoms. The first kappa shape index (κ1) is 20.9. The van der Waals surface area contributed by atoms with Gasteiger partial charge in [-0.3, -0.25) is 4.79 Å². The Kier molecular flexibility index (Phi) is 7.15. The number of carbonyl (C=O) groups is 1. The Balaban J connectivity index is 1.58. The van der Waals surface area contributed by atoms with Crippen molar-refractivity contribution >= 4 is 40.6 Å². The molecule has 0 amide bonds. The molecule has 28 heavy (non-hydrogen) atoms. The van der Waals surface area contributed by atoms with Crippen LogP contribution in [0.25, 0.3) is 0 Å². The molecule has 0 aliphatic rings. The van der Waals surface area contributed by atoms with Crippen molar-refractivity contribution in [1.29, 1.82) is 0 Å². The quantitative estimate of drug-likeness (QED) is 0.331. The molecule has 0 bridgehead atoms. The van der Waals surface area contributed by atoms with Crippen LogP contribution < -0.4 is 4.74 Å². The lowest BCUT2D eigenvalue weighted by Gasteiger charge is -2.11. The van der Waals surface area contributed by atoms with Crippen LogP contribution >= 0.6 is 34.9 Å². The van der Waals surface area contributed by atoms with Crippen LogP contribution in [0.3, 0.4) is 0 Å². The third-order valence-corrected chi connectivity index (χ3v) is 7.53. The fourth-order valence-electron chi connectivity index (χ4n) is 2.59. The number of hydrogen-bond donors (Lipinski definition) is 0. The van der Waals surface area contributed by atoms with Crippen LogP contribution in [0.4, 0.5) is 0 Å². The Hall–Kier alpha value is -1.83. The molecular weight excluding hydrogens is 408 g/mol. The van der Waals surface area contributed by atoms with E-state index in [1.165, 1.54) is 28.7 Å². The number of ketones is 1. The molecule has 0 fully saturated rings. The van der Waals surface area contributed by atoms with Gasteiger partial charge in [-0.25, -0.2) is 0 Å². The van der Waals surface area contributed by atoms with Crippen LogP contribution in [-0.2, 0) is 5.75 Å². The van der Waals surface area contributed by atoms with Crippen LogP contribution in [-0.4, -0.2) is 28.3 Å². The Bertz CT molecular complexity index is 955. The van der Waals surface area contributed by atoms with Gasteiger partial charge in [-0.15, -0.1) is 10.2 Å². The Morgan fingerprint density at radius 3 is 2.54 bits per heavy atom. The number of ether oxygens (including phenoxy) is 1. The number of carbonyl (C=O) groups excluding carboxylic acids is 1. The number of hydrogen-bond acceptors (Lipinski definition) is 7. The van der Waals surface area contributed by atoms with Gasteiger partial charge in [0.15, 0.2) is 14.5 Å². The monoisotopic (exact) mass is 430 g/mol. The van der Waals surface area contributed by atoms with E-state index in [9.17, 15) is 4.79 Å². The van der Waals surface area contributed by atoms with Gasteiger partial charge >= 0.3 is 0 Å². The van der Waals surface area contributed by atoms with Gasteiger partial charge in [0.2, 0.25) is 0 Å². The molecular formula is C21H22N2O2S3. The van der Waals surface area contributed by atoms with E-state index in [4.69, 9.17) is 4.74 Å². The van der Waals surface area contributed by atoms with Gasteiger partial charge in [-0.2, -0.15) is 0 Å². The zero-order chi connectivity index (χ0) is 20.1. The lowest BCUT2D eigenvalue weighted by atomic mass is 10.0. The average molecular weight is 431 g/mol. The third-order valence-electron chi connectivity index (χ3n) is 4.21. The largest absolute Gasteiger partial charge is 0.497 e. The lowest BCUT2D eigenvalue weighted by Crippen LogP contribution is -2.15. The summed E-state index contributed by atoms with van der Waals surface area (Å²) in [5.74, 6) is 1.81. The van der Waals surface area contributed by atoms with Crippen molar-refractivity contribution < 1.29 is 9.53 Å². The first-order valence-corrected chi connectivity index (χ1v) is 11.5. The van der Waals surface area contributed by atoms with E-state index < -0.39 is 0 Å². The Morgan fingerprint density at radius 2 is 1.82 bits per heavy atom. The van der Waals surface area contributed by atoms with Gasteiger partial charge in [0, 0.05) is 11.3 Å². The Morgan fingerprint density at radius 1 is 1.11 bits per heavy atom. The second kappa shape index (κ2) is 9.58. The van der Waals surface area contributed by atoms with E-state index in [1.807, 2.05) is 63.2 Å². The molecule has 0 aliphatic carbocycles. The third kappa shape index (κ3) is 5.37. The highest BCUT2D eigenvalue weighted by Crippen LogP contribution is 2.34. The standard InChI is InChI=1S/C21H22N2O2S3/c1-13-5-6-14(2)18(11-13)19(24)15(3)27-21-23-22-20(28-21)26-12-16-7-9-17(25-4)10-8-16/h5-11,15H,12H2,1-4H3/t15-/m0/s1. The zero-order valence-electron chi connectivity index (χ0n) is 16.3. The summed E-state index contributed by atoms with van der Waals surface area (Å²) in [5.41, 5.74) is 4.10. The second-order valence-electron chi connectivity index (χ2n) is 6.41. The summed E-state index contributed by atoms with van der Waals surface area (Å²) in [6, 6.07) is 14.0. The van der Waals surface area contributed by atoms with Crippen LogP contribution in [0, 0.1) is 13.8 Å². The minimum Gasteiger partial charge on any atom is -0.497 e. The molecule has 0 saturated carbocycles. The summed E-state index contributed by atoms with van der Waals surface area (Å²) in [6.45, 7) is 5.91. The van der Waals surface area contributed by atoms with E-state index in [-0.39, 0.29) is 11.0 Å². The molecule has 3 aromatic rings. The van der Waals surface area contributed by atoms with Gasteiger partial charge in [-0.1, -0.05) is 64.7 Å². The van der Waals surface area contributed by atoms with Crippen molar-refractivity contribution in [3.05, 3.63) is 64.7 Å². The number of rotatable bonds is 8. The molecule has 0 unspecified atom stereocenters. The fraction of sp³-hybridized carbons (Fsp3) is 0.286. The van der Waals surface area contributed by atoms with E-state index in [0.29, 0.717) is 0 Å². The predicted octanol–water partition coefficient (Wildman–Crippen LogP) is 5.82. The normalized spacial score (nSPS) is 12.0. The number of methoxy groups -OCH3 is 1. The van der Waals surface area contributed by atoms with E-state index >= 15 is 0 Å². The highest BCUT2D eigenvalue weighted by Gasteiger charge is 2.20. The molecule has 4 nitrogen and oxygen atoms in total. The highest BCUT2D eigenvalue weighted by molar-refractivity contribution is 8.03. The number of aryl methyl sites for hydroxylation is 2. The van der Waals surface area contributed by atoms with Crippen molar-refractivity contribution in [2.45, 2.75) is 40.5 Å². The van der Waals surface area contributed by atoms with Crippen LogP contribution in [0.15, 0.2) is 51.1 Å². The second-order valence-corrected chi connectivity index (χ2v) is 10.2. The minimum atomic E-state index is -0.201. The molecule has 1 aromatic heterocycles. The minimum absolute atomic E-state index is 0.133. The summed E-state index contributed by atoms with van der Waals surface area (Å²) >= 11 is 4.66. The van der Waals surface area contributed by atoms with Crippen molar-refractivity contribution in [2.24, 2.45) is 0 Å². The summed E-state index contributed by atoms with van der Waals surface area (Å²) < 4.78 is 6.91. The number of nitrogens with zero attached hydrogens (tertiary/aromatic N) is 2. The van der Waals surface area contributed by atoms with Crippen LogP contribution in [0.1, 0.15) is 34.0 Å². The average Bonchev–Trinajstić information content (AvgIpc) is 3.15. The van der Waals surface area contributed by atoms with Crippen LogP contribution in [0.5, 0.6) is 5.75 Å². The fourth-order valence-corrected chi connectivity index (χ4v) is 5.78. The topological polar surface area (TPSA) is 52.1 Å². The summed E-state index contributed by atoms with van der Waals surface area (Å²) in [6.07, 6.45) is 0. The number of aromatic nitrogens is 2. The van der Waals surface area contributed by atoms with Gasteiger partial charge in [0.25, 0.3) is 0 Å². The van der Waals surface area contributed by atoms with Crippen molar-refractivity contribution in [2.75, 3.05) is 7.11 Å². The summed E-state index contributed by atoms with van der Waals surface area (Å²) in [7, 11) is 1.66.